The summed E-state index contributed by atoms with van der Waals surface area (Å²) in [6.07, 6.45) is -4.53. The summed E-state index contributed by atoms with van der Waals surface area (Å²) in [7, 11) is 0. The summed E-state index contributed by atoms with van der Waals surface area (Å²) in [4.78, 5) is 0. The first-order valence-corrected chi connectivity index (χ1v) is 4.49. The molecule has 1 nitrogen and oxygen atoms in total. The molecule has 1 rings (SSSR count). The lowest BCUT2D eigenvalue weighted by atomic mass is 10.1. The molecule has 0 aliphatic carbocycles. The van der Waals surface area contributed by atoms with Gasteiger partial charge in [-0.25, -0.2) is 0 Å². The molecule has 0 aromatic heterocycles. The summed E-state index contributed by atoms with van der Waals surface area (Å²) < 4.78 is 37.4. The number of benzene rings is 1. The highest BCUT2D eigenvalue weighted by Gasteiger charge is 2.36. The van der Waals surface area contributed by atoms with Gasteiger partial charge in [-0.05, 0) is 11.6 Å². The fourth-order valence-corrected chi connectivity index (χ4v) is 1.47. The summed E-state index contributed by atoms with van der Waals surface area (Å²) in [5, 5.41) is -0.119. The van der Waals surface area contributed by atoms with Gasteiger partial charge in [0.15, 0.2) is 0 Å². The molecule has 0 saturated carbocycles. The Balaban J connectivity index is 3.44. The van der Waals surface area contributed by atoms with Gasteiger partial charge in [0.25, 0.3) is 0 Å². The Hall–Kier alpha value is -0.610. The third-order valence-corrected chi connectivity index (χ3v) is 2.32. The van der Waals surface area contributed by atoms with Crippen molar-refractivity contribution >= 4 is 28.9 Å². The zero-order valence-electron chi connectivity index (χ0n) is 6.83. The molecule has 0 bridgehead atoms. The van der Waals surface area contributed by atoms with E-state index in [2.05, 4.69) is 0 Å². The van der Waals surface area contributed by atoms with Gasteiger partial charge in [0.2, 0.25) is 0 Å². The smallest absolute Gasteiger partial charge is 0.397 e. The highest BCUT2D eigenvalue weighted by Crippen LogP contribution is 2.39. The molecular formula is C8H6Cl2F3N. The number of anilines is 1. The number of hydrogen-bond donors (Lipinski definition) is 1. The van der Waals surface area contributed by atoms with Crippen LogP contribution in [-0.2, 0) is 12.1 Å². The van der Waals surface area contributed by atoms with Gasteiger partial charge < -0.3 is 5.73 Å². The van der Waals surface area contributed by atoms with Crippen molar-refractivity contribution in [2.24, 2.45) is 0 Å². The zero-order valence-corrected chi connectivity index (χ0v) is 8.34. The zero-order chi connectivity index (χ0) is 10.9. The Labute approximate surface area is 88.6 Å². The second kappa shape index (κ2) is 3.87. The molecule has 78 valence electrons. The molecular weight excluding hydrogens is 238 g/mol. The number of alkyl halides is 4. The minimum absolute atomic E-state index is 0.0685. The molecule has 14 heavy (non-hydrogen) atoms. The average Bonchev–Trinajstić information content (AvgIpc) is 2.07. The molecule has 0 unspecified atom stereocenters. The first-order chi connectivity index (χ1) is 6.38. The van der Waals surface area contributed by atoms with Crippen LogP contribution in [0.3, 0.4) is 0 Å². The molecule has 1 aromatic rings. The average molecular weight is 244 g/mol. The third-order valence-electron chi connectivity index (χ3n) is 1.71. The van der Waals surface area contributed by atoms with Crippen molar-refractivity contribution < 1.29 is 13.2 Å². The molecule has 6 heteroatoms. The summed E-state index contributed by atoms with van der Waals surface area (Å²) in [5.74, 6) is -0.254. The predicted molar refractivity (Wildman–Crippen MR) is 50.4 cm³/mol. The van der Waals surface area contributed by atoms with Crippen LogP contribution in [0.1, 0.15) is 11.1 Å². The third kappa shape index (κ3) is 2.07. The molecule has 0 saturated heterocycles. The Morgan fingerprint density at radius 3 is 2.29 bits per heavy atom. The Kier molecular flexibility index (Phi) is 3.17. The summed E-state index contributed by atoms with van der Waals surface area (Å²) in [5.41, 5.74) is 3.75. The van der Waals surface area contributed by atoms with Crippen molar-refractivity contribution in [2.45, 2.75) is 12.1 Å². The molecule has 0 spiro atoms. The van der Waals surface area contributed by atoms with Gasteiger partial charge in [-0.3, -0.25) is 0 Å². The van der Waals surface area contributed by atoms with E-state index in [1.165, 1.54) is 12.1 Å². The van der Waals surface area contributed by atoms with Crippen LogP contribution in [0.25, 0.3) is 0 Å². The van der Waals surface area contributed by atoms with Crippen LogP contribution in [0.15, 0.2) is 12.1 Å². The van der Waals surface area contributed by atoms with Crippen molar-refractivity contribution in [3.63, 3.8) is 0 Å². The highest BCUT2D eigenvalue weighted by molar-refractivity contribution is 6.33. The Bertz CT molecular complexity index is 349. The maximum Gasteiger partial charge on any atom is 0.418 e. The van der Waals surface area contributed by atoms with Crippen molar-refractivity contribution in [2.75, 3.05) is 5.73 Å². The van der Waals surface area contributed by atoms with Crippen LogP contribution in [0.2, 0.25) is 5.02 Å². The van der Waals surface area contributed by atoms with Crippen LogP contribution < -0.4 is 5.73 Å². The van der Waals surface area contributed by atoms with Gasteiger partial charge in [0.1, 0.15) is 0 Å². The minimum Gasteiger partial charge on any atom is -0.397 e. The second-order valence-corrected chi connectivity index (χ2v) is 3.30. The predicted octanol–water partition coefficient (Wildman–Crippen LogP) is 3.68. The maximum atomic E-state index is 12.5. The molecule has 0 atom stereocenters. The van der Waals surface area contributed by atoms with Gasteiger partial charge in [0, 0.05) is 5.88 Å². The molecule has 0 amide bonds. The number of nitrogen functional groups attached to an aromatic ring is 1. The summed E-state index contributed by atoms with van der Waals surface area (Å²) >= 11 is 10.8. The maximum absolute atomic E-state index is 12.5. The van der Waals surface area contributed by atoms with E-state index in [0.29, 0.717) is 0 Å². The van der Waals surface area contributed by atoms with E-state index in [9.17, 15) is 13.2 Å². The largest absolute Gasteiger partial charge is 0.418 e. The number of hydrogen-bond acceptors (Lipinski definition) is 1. The molecule has 0 aliphatic rings. The van der Waals surface area contributed by atoms with Crippen LogP contribution in [0.4, 0.5) is 18.9 Å². The van der Waals surface area contributed by atoms with Gasteiger partial charge in [-0.15, -0.1) is 11.6 Å². The number of nitrogens with two attached hydrogens (primary N) is 1. The van der Waals surface area contributed by atoms with Gasteiger partial charge >= 0.3 is 6.18 Å². The lowest BCUT2D eigenvalue weighted by Gasteiger charge is -2.14. The summed E-state index contributed by atoms with van der Waals surface area (Å²) in [6, 6.07) is 2.51. The minimum atomic E-state index is -4.53. The van der Waals surface area contributed by atoms with Gasteiger partial charge in [-0.1, -0.05) is 17.7 Å². The Morgan fingerprint density at radius 1 is 1.29 bits per heavy atom. The van der Waals surface area contributed by atoms with Crippen molar-refractivity contribution in [3.8, 4) is 0 Å². The topological polar surface area (TPSA) is 26.0 Å². The second-order valence-electron chi connectivity index (χ2n) is 2.63. The lowest BCUT2D eigenvalue weighted by molar-refractivity contribution is -0.137. The van der Waals surface area contributed by atoms with Crippen molar-refractivity contribution in [3.05, 3.63) is 28.3 Å². The molecule has 0 fully saturated rings. The number of halogens is 5. The van der Waals surface area contributed by atoms with E-state index in [0.717, 1.165) is 0 Å². The van der Waals surface area contributed by atoms with Crippen LogP contribution >= 0.6 is 23.2 Å². The quantitative estimate of drug-likeness (QED) is 0.591. The van der Waals surface area contributed by atoms with E-state index in [1.807, 2.05) is 0 Å². The van der Waals surface area contributed by atoms with Gasteiger partial charge in [-0.2, -0.15) is 13.2 Å². The van der Waals surface area contributed by atoms with Crippen molar-refractivity contribution in [1.82, 2.24) is 0 Å². The van der Waals surface area contributed by atoms with Crippen LogP contribution in [-0.4, -0.2) is 0 Å². The van der Waals surface area contributed by atoms with Crippen molar-refractivity contribution in [1.29, 1.82) is 0 Å². The molecule has 0 radical (unpaired) electrons. The molecule has 0 aliphatic heterocycles. The van der Waals surface area contributed by atoms with Gasteiger partial charge in [0.05, 0.1) is 16.3 Å². The fourth-order valence-electron chi connectivity index (χ4n) is 1.09. The van der Waals surface area contributed by atoms with E-state index < -0.39 is 17.4 Å². The summed E-state index contributed by atoms with van der Waals surface area (Å²) in [6.45, 7) is 0. The molecule has 1 aromatic carbocycles. The number of rotatable bonds is 1. The first-order valence-electron chi connectivity index (χ1n) is 3.58. The van der Waals surface area contributed by atoms with Crippen LogP contribution in [0.5, 0.6) is 0 Å². The van der Waals surface area contributed by atoms with Crippen LogP contribution in [0, 0.1) is 0 Å². The normalized spacial score (nSPS) is 11.8. The Morgan fingerprint density at radius 2 is 1.86 bits per heavy atom. The van der Waals surface area contributed by atoms with E-state index in [4.69, 9.17) is 28.9 Å². The standard InChI is InChI=1S/C8H6Cl2F3N/c9-3-4-1-2-5(10)7(14)6(4)8(11,12)13/h1-2H,3,14H2. The monoisotopic (exact) mass is 243 g/mol. The lowest BCUT2D eigenvalue weighted by Crippen LogP contribution is -2.12. The van der Waals surface area contributed by atoms with E-state index >= 15 is 0 Å². The first kappa shape index (κ1) is 11.5. The highest BCUT2D eigenvalue weighted by atomic mass is 35.5. The van der Waals surface area contributed by atoms with E-state index in [-0.39, 0.29) is 16.5 Å². The SMILES string of the molecule is Nc1c(Cl)ccc(CCl)c1C(F)(F)F. The van der Waals surface area contributed by atoms with E-state index in [1.54, 1.807) is 0 Å². The molecule has 2 N–H and O–H groups in total. The molecule has 0 heterocycles. The fraction of sp³-hybridized carbons (Fsp3) is 0.250.